The molecule has 1 aromatic carbocycles. The summed E-state index contributed by atoms with van der Waals surface area (Å²) in [6, 6.07) is 4.70. The molecule has 0 saturated heterocycles. The fraction of sp³-hybridized carbons (Fsp3) is 0.429. The number of hydrogen-bond donors (Lipinski definition) is 4. The Bertz CT molecular complexity index is 869. The Hall–Kier alpha value is -2.45. The van der Waals surface area contributed by atoms with Crippen LogP contribution in [0.1, 0.15) is 80.4 Å². The van der Waals surface area contributed by atoms with E-state index < -0.39 is 17.5 Å². The third-order valence-electron chi connectivity index (χ3n) is 4.49. The lowest BCUT2D eigenvalue weighted by Gasteiger charge is -2.21. The lowest BCUT2D eigenvalue weighted by atomic mass is 9.90. The molecule has 2 rings (SSSR count). The lowest BCUT2D eigenvalue weighted by molar-refractivity contribution is 0.0779. The molecule has 5 N–H and O–H groups in total. The van der Waals surface area contributed by atoms with E-state index in [4.69, 9.17) is 10.2 Å². The summed E-state index contributed by atoms with van der Waals surface area (Å²) in [6.45, 7) is 11.3. The van der Waals surface area contributed by atoms with Gasteiger partial charge in [0.1, 0.15) is 0 Å². The summed E-state index contributed by atoms with van der Waals surface area (Å²) < 4.78 is 8.05. The van der Waals surface area contributed by atoms with Crippen LogP contribution >= 0.6 is 11.9 Å². The fourth-order valence-corrected chi connectivity index (χ4v) is 3.34. The van der Waals surface area contributed by atoms with E-state index in [1.54, 1.807) is 32.0 Å². The highest BCUT2D eigenvalue weighted by molar-refractivity contribution is 7.97. The smallest absolute Gasteiger partial charge is 0.329 e. The van der Waals surface area contributed by atoms with E-state index in [-0.39, 0.29) is 11.8 Å². The molecule has 0 fully saturated rings. The van der Waals surface area contributed by atoms with Gasteiger partial charge < -0.3 is 20.6 Å². The molecule has 2 aromatic rings. The third-order valence-corrected chi connectivity index (χ3v) is 5.20. The summed E-state index contributed by atoms with van der Waals surface area (Å²) in [7, 11) is 0. The zero-order chi connectivity index (χ0) is 21.9. The predicted octanol–water partition coefficient (Wildman–Crippen LogP) is 4.68. The molecule has 8 heteroatoms. The van der Waals surface area contributed by atoms with Crippen molar-refractivity contribution in [1.29, 1.82) is 0 Å². The molecule has 0 aliphatic carbocycles. The number of carbonyl (C=O) groups excluding carboxylic acids is 2. The van der Waals surface area contributed by atoms with Crippen LogP contribution in [0.5, 0.6) is 0 Å². The topological polar surface area (TPSA) is 118 Å². The second-order valence-corrected chi connectivity index (χ2v) is 8.89. The Morgan fingerprint density at radius 3 is 2.07 bits per heavy atom. The number of hydrogen-bond acceptors (Lipinski definition) is 5. The van der Waals surface area contributed by atoms with Gasteiger partial charge in [0.05, 0.1) is 11.9 Å². The minimum atomic E-state index is -1.02. The quantitative estimate of drug-likeness (QED) is 0.486. The van der Waals surface area contributed by atoms with Gasteiger partial charge in [-0.2, -0.15) is 0 Å². The second kappa shape index (κ2) is 8.92. The third kappa shape index (κ3) is 5.77. The number of anilines is 1. The maximum atomic E-state index is 12.5. The Kier molecular flexibility index (Phi) is 7.02. The van der Waals surface area contributed by atoms with Crippen LogP contribution < -0.4 is 15.8 Å². The molecule has 0 saturated carbocycles. The summed E-state index contributed by atoms with van der Waals surface area (Å²) in [6.07, 6.45) is 1.46. The normalized spacial score (nSPS) is 11.8. The molecule has 1 heterocycles. The zero-order valence-corrected chi connectivity index (χ0v) is 18.4. The van der Waals surface area contributed by atoms with Crippen molar-refractivity contribution in [2.75, 3.05) is 5.32 Å². The van der Waals surface area contributed by atoms with E-state index in [1.165, 1.54) is 6.26 Å². The predicted molar refractivity (Wildman–Crippen MR) is 115 cm³/mol. The Balaban J connectivity index is 2.22. The highest BCUT2D eigenvalue weighted by Gasteiger charge is 2.21. The van der Waals surface area contributed by atoms with Gasteiger partial charge in [-0.25, -0.2) is 4.79 Å². The van der Waals surface area contributed by atoms with Gasteiger partial charge >= 0.3 is 6.03 Å². The Morgan fingerprint density at radius 1 is 1.10 bits per heavy atom. The van der Waals surface area contributed by atoms with Gasteiger partial charge in [-0.15, -0.1) is 0 Å². The van der Waals surface area contributed by atoms with E-state index in [9.17, 15) is 14.7 Å². The highest BCUT2D eigenvalue weighted by Crippen LogP contribution is 2.34. The number of furan rings is 1. The standard InChI is InChI=1S/C21H29N3O4S/c1-11(2)15-7-13(19(22)25)8-16(12(3)4)18(15)23-20(26)24-29-17-9-14(10-28-17)21(5,6)27/h7-12,27H,1-6H3,(H2,22,25)(H2,23,24,26). The average Bonchev–Trinajstić information content (AvgIpc) is 3.08. The molecular weight excluding hydrogens is 390 g/mol. The van der Waals surface area contributed by atoms with Crippen LogP contribution in [-0.2, 0) is 5.60 Å². The first-order valence-electron chi connectivity index (χ1n) is 9.43. The van der Waals surface area contributed by atoms with Gasteiger partial charge in [0.25, 0.3) is 0 Å². The van der Waals surface area contributed by atoms with Crippen molar-refractivity contribution < 1.29 is 19.1 Å². The van der Waals surface area contributed by atoms with Crippen LogP contribution in [0, 0.1) is 0 Å². The number of rotatable bonds is 7. The van der Waals surface area contributed by atoms with Crippen LogP contribution in [0.3, 0.4) is 0 Å². The number of nitrogens with two attached hydrogens (primary N) is 1. The minimum absolute atomic E-state index is 0.0779. The van der Waals surface area contributed by atoms with Gasteiger partial charge in [-0.3, -0.25) is 9.52 Å². The maximum Gasteiger partial charge on any atom is 0.329 e. The van der Waals surface area contributed by atoms with Crippen LogP contribution in [0.25, 0.3) is 0 Å². The first-order chi connectivity index (χ1) is 13.4. The molecule has 1 aromatic heterocycles. The summed E-state index contributed by atoms with van der Waals surface area (Å²) in [4.78, 5) is 24.2. The van der Waals surface area contributed by atoms with Crippen LogP contribution in [0.2, 0.25) is 0 Å². The van der Waals surface area contributed by atoms with E-state index >= 15 is 0 Å². The molecule has 0 unspecified atom stereocenters. The van der Waals surface area contributed by atoms with Crippen LogP contribution in [0.4, 0.5) is 10.5 Å². The van der Waals surface area contributed by atoms with Gasteiger partial charge in [0, 0.05) is 28.8 Å². The molecule has 0 aliphatic heterocycles. The number of primary amides is 1. The minimum Gasteiger partial charge on any atom is -0.456 e. The molecule has 0 bridgehead atoms. The van der Waals surface area contributed by atoms with Gasteiger partial charge in [-0.05, 0) is 55.0 Å². The molecule has 0 aliphatic rings. The average molecular weight is 420 g/mol. The van der Waals surface area contributed by atoms with Crippen molar-refractivity contribution >= 4 is 29.6 Å². The number of aliphatic hydroxyl groups is 1. The highest BCUT2D eigenvalue weighted by atomic mass is 32.2. The number of benzene rings is 1. The van der Waals surface area contributed by atoms with E-state index in [2.05, 4.69) is 10.0 Å². The molecule has 158 valence electrons. The summed E-state index contributed by atoms with van der Waals surface area (Å²) in [5.74, 6) is -0.343. The van der Waals surface area contributed by atoms with Crippen molar-refractivity contribution in [3.05, 3.63) is 46.7 Å². The summed E-state index contributed by atoms with van der Waals surface area (Å²) in [5.41, 5.74) is 7.85. The molecule has 0 atom stereocenters. The zero-order valence-electron chi connectivity index (χ0n) is 17.6. The maximum absolute atomic E-state index is 12.5. The number of urea groups is 1. The van der Waals surface area contributed by atoms with Crippen molar-refractivity contribution in [3.63, 3.8) is 0 Å². The number of carbonyl (C=O) groups is 2. The second-order valence-electron chi connectivity index (χ2n) is 8.08. The lowest BCUT2D eigenvalue weighted by Crippen LogP contribution is -2.25. The SMILES string of the molecule is CC(C)c1cc(C(N)=O)cc(C(C)C)c1NC(=O)NSc1cc(C(C)(C)O)co1. The first kappa shape index (κ1) is 22.8. The monoisotopic (exact) mass is 419 g/mol. The Morgan fingerprint density at radius 2 is 1.66 bits per heavy atom. The fourth-order valence-electron chi connectivity index (χ4n) is 2.81. The van der Waals surface area contributed by atoms with Crippen LogP contribution in [0.15, 0.2) is 34.0 Å². The van der Waals surface area contributed by atoms with Crippen molar-refractivity contribution in [1.82, 2.24) is 4.72 Å². The van der Waals surface area contributed by atoms with E-state index in [0.29, 0.717) is 21.9 Å². The van der Waals surface area contributed by atoms with Crippen LogP contribution in [-0.4, -0.2) is 17.0 Å². The first-order valence-corrected chi connectivity index (χ1v) is 10.2. The molecular formula is C21H29N3O4S. The largest absolute Gasteiger partial charge is 0.456 e. The molecule has 7 nitrogen and oxygen atoms in total. The van der Waals surface area contributed by atoms with Crippen molar-refractivity contribution in [2.45, 2.75) is 64.1 Å². The molecule has 3 amide bonds. The molecule has 29 heavy (non-hydrogen) atoms. The van der Waals surface area contributed by atoms with E-state index in [0.717, 1.165) is 23.1 Å². The number of amides is 3. The summed E-state index contributed by atoms with van der Waals surface area (Å²) >= 11 is 1.01. The molecule has 0 spiro atoms. The Labute approximate surface area is 175 Å². The number of nitrogens with one attached hydrogen (secondary N) is 2. The molecule has 0 radical (unpaired) electrons. The van der Waals surface area contributed by atoms with Crippen molar-refractivity contribution in [2.24, 2.45) is 5.73 Å². The van der Waals surface area contributed by atoms with Gasteiger partial charge in [0.15, 0.2) is 5.09 Å². The van der Waals surface area contributed by atoms with Gasteiger partial charge in [-0.1, -0.05) is 27.7 Å². The summed E-state index contributed by atoms with van der Waals surface area (Å²) in [5, 5.41) is 13.4. The van der Waals surface area contributed by atoms with Gasteiger partial charge in [0.2, 0.25) is 5.91 Å². The van der Waals surface area contributed by atoms with E-state index in [1.807, 2.05) is 27.7 Å². The van der Waals surface area contributed by atoms with Crippen molar-refractivity contribution in [3.8, 4) is 0 Å².